The molecule has 2 aromatic rings. The second-order valence-electron chi connectivity index (χ2n) is 6.11. The van der Waals surface area contributed by atoms with Crippen LogP contribution in [0.2, 0.25) is 0 Å². The predicted octanol–water partition coefficient (Wildman–Crippen LogP) is 4.64. The van der Waals surface area contributed by atoms with Gasteiger partial charge in [-0.15, -0.1) is 24.0 Å². The molecule has 0 saturated heterocycles. The Morgan fingerprint density at radius 3 is 2.35 bits per heavy atom. The Hall–Kier alpha value is -1.60. The van der Waals surface area contributed by atoms with Gasteiger partial charge < -0.3 is 11.1 Å². The number of guanidine groups is 1. The topological polar surface area (TPSA) is 53.6 Å². The summed E-state index contributed by atoms with van der Waals surface area (Å²) in [5.74, 6) is 0.450. The van der Waals surface area contributed by atoms with E-state index in [2.05, 4.69) is 72.4 Å². The van der Waals surface area contributed by atoms with Crippen LogP contribution >= 0.6 is 24.0 Å². The van der Waals surface area contributed by atoms with Crippen molar-refractivity contribution in [1.29, 1.82) is 0 Å². The van der Waals surface area contributed by atoms with E-state index in [1.807, 2.05) is 12.1 Å². The number of nitrogens with one attached hydrogen (secondary N) is 1. The van der Waals surface area contributed by atoms with Crippen molar-refractivity contribution in [2.45, 2.75) is 40.3 Å². The van der Waals surface area contributed by atoms with Gasteiger partial charge in [0.15, 0.2) is 5.96 Å². The molecule has 2 aromatic carbocycles. The molecule has 0 saturated carbocycles. The Morgan fingerprint density at radius 2 is 1.69 bits per heavy atom. The Bertz CT molecular complexity index is 696. The number of rotatable bonds is 8. The molecule has 0 unspecified atom stereocenters. The van der Waals surface area contributed by atoms with Gasteiger partial charge in [-0.3, -0.25) is 4.90 Å². The van der Waals surface area contributed by atoms with E-state index < -0.39 is 0 Å². The van der Waals surface area contributed by atoms with Gasteiger partial charge in [0.2, 0.25) is 0 Å². The monoisotopic (exact) mass is 466 g/mol. The van der Waals surface area contributed by atoms with Gasteiger partial charge in [-0.25, -0.2) is 4.99 Å². The molecule has 0 aliphatic carbocycles. The van der Waals surface area contributed by atoms with Crippen LogP contribution in [-0.4, -0.2) is 23.9 Å². The Kier molecular flexibility index (Phi) is 10.3. The van der Waals surface area contributed by atoms with Crippen LogP contribution in [0.15, 0.2) is 53.5 Å². The van der Waals surface area contributed by atoms with Gasteiger partial charge in [-0.1, -0.05) is 57.2 Å². The van der Waals surface area contributed by atoms with E-state index >= 15 is 0 Å². The molecule has 0 heterocycles. The van der Waals surface area contributed by atoms with Crippen LogP contribution < -0.4 is 11.1 Å². The minimum Gasteiger partial charge on any atom is -0.370 e. The predicted molar refractivity (Wildman–Crippen MR) is 123 cm³/mol. The first-order valence-corrected chi connectivity index (χ1v) is 9.11. The number of aryl methyl sites for hydroxylation is 1. The zero-order valence-corrected chi connectivity index (χ0v) is 18.4. The summed E-state index contributed by atoms with van der Waals surface area (Å²) in [6.07, 6.45) is 1.01. The maximum atomic E-state index is 6.08. The normalized spacial score (nSPS) is 11.3. The third kappa shape index (κ3) is 6.96. The van der Waals surface area contributed by atoms with Gasteiger partial charge >= 0.3 is 0 Å². The zero-order valence-electron chi connectivity index (χ0n) is 16.0. The summed E-state index contributed by atoms with van der Waals surface area (Å²) in [4.78, 5) is 6.93. The van der Waals surface area contributed by atoms with Crippen molar-refractivity contribution in [2.75, 3.05) is 18.4 Å². The summed E-state index contributed by atoms with van der Waals surface area (Å²) < 4.78 is 0. The number of nitrogens with two attached hydrogens (primary N) is 1. The van der Waals surface area contributed by atoms with Crippen LogP contribution in [0, 0.1) is 0 Å². The van der Waals surface area contributed by atoms with Crippen molar-refractivity contribution >= 4 is 35.6 Å². The van der Waals surface area contributed by atoms with E-state index in [0.717, 1.165) is 31.7 Å². The second-order valence-corrected chi connectivity index (χ2v) is 6.11. The lowest BCUT2D eigenvalue weighted by Crippen LogP contribution is -2.24. The van der Waals surface area contributed by atoms with Gasteiger partial charge in [0, 0.05) is 12.2 Å². The van der Waals surface area contributed by atoms with Crippen molar-refractivity contribution in [1.82, 2.24) is 4.90 Å². The lowest BCUT2D eigenvalue weighted by Gasteiger charge is -2.19. The quantitative estimate of drug-likeness (QED) is 0.339. The number of hydrogen-bond acceptors (Lipinski definition) is 2. The van der Waals surface area contributed by atoms with E-state index in [9.17, 15) is 0 Å². The van der Waals surface area contributed by atoms with Gasteiger partial charge in [-0.05, 0) is 48.3 Å². The summed E-state index contributed by atoms with van der Waals surface area (Å²) in [6.45, 7) is 10.2. The molecule has 0 aliphatic heterocycles. The van der Waals surface area contributed by atoms with E-state index in [-0.39, 0.29) is 24.0 Å². The number of nitrogens with zero attached hydrogens (tertiary/aromatic N) is 2. The van der Waals surface area contributed by atoms with Gasteiger partial charge in [0.05, 0.1) is 6.54 Å². The van der Waals surface area contributed by atoms with E-state index in [4.69, 9.17) is 5.73 Å². The largest absolute Gasteiger partial charge is 0.370 e. The van der Waals surface area contributed by atoms with Crippen molar-refractivity contribution in [3.05, 3.63) is 65.2 Å². The summed E-state index contributed by atoms with van der Waals surface area (Å²) >= 11 is 0. The summed E-state index contributed by atoms with van der Waals surface area (Å²) in [5.41, 5.74) is 10.9. The first-order chi connectivity index (χ1) is 12.2. The Morgan fingerprint density at radius 1 is 1.00 bits per heavy atom. The molecular formula is C21H31IN4. The van der Waals surface area contributed by atoms with Crippen LogP contribution in [0.1, 0.15) is 37.5 Å². The minimum atomic E-state index is 0. The van der Waals surface area contributed by atoms with Crippen LogP contribution in [0.25, 0.3) is 0 Å². The van der Waals surface area contributed by atoms with E-state index in [1.165, 1.54) is 16.7 Å². The average Bonchev–Trinajstić information content (AvgIpc) is 2.65. The highest BCUT2D eigenvalue weighted by molar-refractivity contribution is 14.0. The summed E-state index contributed by atoms with van der Waals surface area (Å²) in [6, 6.07) is 16.7. The van der Waals surface area contributed by atoms with Crippen LogP contribution in [0.5, 0.6) is 0 Å². The van der Waals surface area contributed by atoms with Crippen molar-refractivity contribution in [3.63, 3.8) is 0 Å². The Balaban J connectivity index is 0.00000338. The standard InChI is InChI=1S/C21H30N4.HI/c1-4-17-10-9-13-20(14-17)24-21(22)23-15-18-11-7-8-12-19(18)16-25(5-2)6-3;/h7-14H,4-6,15-16H2,1-3H3,(H3,22,23,24);1H. The fourth-order valence-corrected chi connectivity index (χ4v) is 2.78. The molecule has 0 radical (unpaired) electrons. The van der Waals surface area contributed by atoms with E-state index in [0.29, 0.717) is 12.5 Å². The second kappa shape index (κ2) is 11.9. The van der Waals surface area contributed by atoms with Gasteiger partial charge in [-0.2, -0.15) is 0 Å². The SMILES string of the molecule is CCc1cccc(NC(N)=NCc2ccccc2CN(CC)CC)c1.I. The van der Waals surface area contributed by atoms with Crippen LogP contribution in [-0.2, 0) is 19.5 Å². The van der Waals surface area contributed by atoms with Crippen LogP contribution in [0.3, 0.4) is 0 Å². The van der Waals surface area contributed by atoms with Crippen molar-refractivity contribution in [3.8, 4) is 0 Å². The van der Waals surface area contributed by atoms with Gasteiger partial charge in [0.1, 0.15) is 0 Å². The molecule has 4 nitrogen and oxygen atoms in total. The van der Waals surface area contributed by atoms with Crippen molar-refractivity contribution < 1.29 is 0 Å². The first kappa shape index (κ1) is 22.4. The molecule has 0 amide bonds. The molecule has 3 N–H and O–H groups in total. The van der Waals surface area contributed by atoms with E-state index in [1.54, 1.807) is 0 Å². The molecule has 0 aliphatic rings. The molecule has 0 fully saturated rings. The maximum absolute atomic E-state index is 6.08. The molecular weight excluding hydrogens is 435 g/mol. The number of hydrogen-bond donors (Lipinski definition) is 2. The molecule has 0 bridgehead atoms. The van der Waals surface area contributed by atoms with Gasteiger partial charge in [0.25, 0.3) is 0 Å². The van der Waals surface area contributed by atoms with Crippen molar-refractivity contribution in [2.24, 2.45) is 10.7 Å². The number of halogens is 1. The number of anilines is 1. The molecule has 2 rings (SSSR count). The molecule has 0 atom stereocenters. The lowest BCUT2D eigenvalue weighted by molar-refractivity contribution is 0.295. The fraction of sp³-hybridized carbons (Fsp3) is 0.381. The smallest absolute Gasteiger partial charge is 0.193 e. The third-order valence-corrected chi connectivity index (χ3v) is 4.43. The third-order valence-electron chi connectivity index (χ3n) is 4.43. The molecule has 26 heavy (non-hydrogen) atoms. The summed E-state index contributed by atoms with van der Waals surface area (Å²) in [5, 5.41) is 3.19. The lowest BCUT2D eigenvalue weighted by atomic mass is 10.1. The molecule has 5 heteroatoms. The molecule has 142 valence electrons. The highest BCUT2D eigenvalue weighted by Gasteiger charge is 2.06. The summed E-state index contributed by atoms with van der Waals surface area (Å²) in [7, 11) is 0. The Labute approximate surface area is 174 Å². The fourth-order valence-electron chi connectivity index (χ4n) is 2.78. The molecule has 0 aromatic heterocycles. The molecule has 0 spiro atoms. The highest BCUT2D eigenvalue weighted by Crippen LogP contribution is 2.14. The maximum Gasteiger partial charge on any atom is 0.193 e. The highest BCUT2D eigenvalue weighted by atomic mass is 127. The number of benzene rings is 2. The minimum absolute atomic E-state index is 0. The number of aliphatic imine (C=N–C) groups is 1. The average molecular weight is 466 g/mol. The van der Waals surface area contributed by atoms with Crippen LogP contribution in [0.4, 0.5) is 5.69 Å². The first-order valence-electron chi connectivity index (χ1n) is 9.11. The zero-order chi connectivity index (χ0) is 18.1.